The molecule has 2 fully saturated rings. The number of piperazine rings is 1. The third-order valence-corrected chi connectivity index (χ3v) is 6.98. The van der Waals surface area contributed by atoms with Crippen molar-refractivity contribution in [3.63, 3.8) is 0 Å². The van der Waals surface area contributed by atoms with E-state index in [0.717, 1.165) is 48.3 Å². The fraction of sp³-hybridized carbons (Fsp3) is 0.560. The lowest BCUT2D eigenvalue weighted by molar-refractivity contribution is 0.0516. The molecule has 2 atom stereocenters. The average Bonchev–Trinajstić information content (AvgIpc) is 2.69. The van der Waals surface area contributed by atoms with Gasteiger partial charge < -0.3 is 10.2 Å². The minimum Gasteiger partial charge on any atom is -0.336 e. The highest BCUT2D eigenvalue weighted by atomic mass is 16.2. The molecule has 150 valence electrons. The highest BCUT2D eigenvalue weighted by Gasteiger charge is 2.40. The topological polar surface area (TPSA) is 32.3 Å². The molecule has 1 aliphatic carbocycles. The number of fused-ring (bicyclic) bond motifs is 1. The van der Waals surface area contributed by atoms with Crippen molar-refractivity contribution in [1.29, 1.82) is 0 Å². The summed E-state index contributed by atoms with van der Waals surface area (Å²) in [5, 5.41) is 6.04. The highest BCUT2D eigenvalue weighted by molar-refractivity contribution is 6.07. The number of hydrogen-bond donors (Lipinski definition) is 1. The molecule has 3 nitrogen and oxygen atoms in total. The number of hydrogen-bond acceptors (Lipinski definition) is 2. The van der Waals surface area contributed by atoms with Gasteiger partial charge in [-0.2, -0.15) is 0 Å². The second-order valence-corrected chi connectivity index (χ2v) is 9.97. The van der Waals surface area contributed by atoms with Crippen LogP contribution in [0.1, 0.15) is 63.2 Å². The molecule has 1 amide bonds. The van der Waals surface area contributed by atoms with Crippen LogP contribution in [-0.4, -0.2) is 36.0 Å². The Kier molecular flexibility index (Phi) is 5.22. The molecular formula is C25H34N2O. The summed E-state index contributed by atoms with van der Waals surface area (Å²) in [6.07, 6.45) is 6.10. The van der Waals surface area contributed by atoms with Crippen LogP contribution in [0.5, 0.6) is 0 Å². The van der Waals surface area contributed by atoms with Gasteiger partial charge in [0.2, 0.25) is 0 Å². The maximum Gasteiger partial charge on any atom is 0.254 e. The zero-order chi connectivity index (χ0) is 19.8. The van der Waals surface area contributed by atoms with Gasteiger partial charge in [-0.3, -0.25) is 4.79 Å². The number of carbonyl (C=O) groups is 1. The summed E-state index contributed by atoms with van der Waals surface area (Å²) in [5.41, 5.74) is 1.30. The molecule has 0 bridgehead atoms. The van der Waals surface area contributed by atoms with Crippen LogP contribution >= 0.6 is 0 Å². The molecule has 4 rings (SSSR count). The Balaban J connectivity index is 1.58. The predicted molar refractivity (Wildman–Crippen MR) is 117 cm³/mol. The summed E-state index contributed by atoms with van der Waals surface area (Å²) in [7, 11) is 0. The molecule has 3 heteroatoms. The van der Waals surface area contributed by atoms with Crippen LogP contribution in [-0.2, 0) is 0 Å². The zero-order valence-electron chi connectivity index (χ0n) is 17.6. The summed E-state index contributed by atoms with van der Waals surface area (Å²) in [6, 6.07) is 14.3. The van der Waals surface area contributed by atoms with Gasteiger partial charge in [0.05, 0.1) is 0 Å². The van der Waals surface area contributed by atoms with Gasteiger partial charge in [-0.15, -0.1) is 0 Å². The molecule has 2 aromatic rings. The van der Waals surface area contributed by atoms with E-state index in [4.69, 9.17) is 0 Å². The Labute approximate surface area is 169 Å². The third-order valence-electron chi connectivity index (χ3n) is 6.98. The number of rotatable bonds is 1. The molecule has 0 aromatic heterocycles. The lowest BCUT2D eigenvalue weighted by atomic mass is 9.70. The van der Waals surface area contributed by atoms with E-state index in [9.17, 15) is 4.79 Å². The Hall–Kier alpha value is -1.87. The van der Waals surface area contributed by atoms with E-state index < -0.39 is 0 Å². The van der Waals surface area contributed by atoms with Crippen molar-refractivity contribution in [2.75, 3.05) is 19.6 Å². The SMILES string of the molecule is CC1CCC2(CCC(C)(C)C1)CN(C(=O)c1cccc3ccccc13)CCN2. The standard InChI is InChI=1S/C25H34N2O/c1-19-11-12-25(14-13-24(2,3)17-19)18-27(16-15-26-25)23(28)22-10-6-8-20-7-4-5-9-21(20)22/h4-10,19,26H,11-18H2,1-3H3. The van der Waals surface area contributed by atoms with Gasteiger partial charge in [-0.1, -0.05) is 57.2 Å². The fourth-order valence-electron chi connectivity index (χ4n) is 5.42. The van der Waals surface area contributed by atoms with Crippen molar-refractivity contribution in [2.24, 2.45) is 11.3 Å². The van der Waals surface area contributed by atoms with E-state index >= 15 is 0 Å². The van der Waals surface area contributed by atoms with Crippen molar-refractivity contribution in [2.45, 2.75) is 58.4 Å². The zero-order valence-corrected chi connectivity index (χ0v) is 17.6. The van der Waals surface area contributed by atoms with Crippen molar-refractivity contribution < 1.29 is 4.79 Å². The van der Waals surface area contributed by atoms with Crippen LogP contribution in [0.15, 0.2) is 42.5 Å². The van der Waals surface area contributed by atoms with Gasteiger partial charge in [-0.05, 0) is 60.3 Å². The number of amides is 1. The molecule has 2 aromatic carbocycles. The lowest BCUT2D eigenvalue weighted by Crippen LogP contribution is -2.62. The Bertz CT molecular complexity index is 853. The molecule has 1 N–H and O–H groups in total. The maximum atomic E-state index is 13.5. The summed E-state index contributed by atoms with van der Waals surface area (Å²) >= 11 is 0. The molecule has 1 spiro atoms. The van der Waals surface area contributed by atoms with Gasteiger partial charge in [0.25, 0.3) is 5.91 Å². The maximum absolute atomic E-state index is 13.5. The smallest absolute Gasteiger partial charge is 0.254 e. The first-order chi connectivity index (χ1) is 13.4. The molecular weight excluding hydrogens is 344 g/mol. The number of carbonyl (C=O) groups excluding carboxylic acids is 1. The number of nitrogens with zero attached hydrogens (tertiary/aromatic N) is 1. The van der Waals surface area contributed by atoms with E-state index in [0.29, 0.717) is 5.41 Å². The summed E-state index contributed by atoms with van der Waals surface area (Å²) in [4.78, 5) is 15.6. The first kappa shape index (κ1) is 19.4. The second kappa shape index (κ2) is 7.51. The summed E-state index contributed by atoms with van der Waals surface area (Å²) < 4.78 is 0. The molecule has 28 heavy (non-hydrogen) atoms. The average molecular weight is 379 g/mol. The van der Waals surface area contributed by atoms with Gasteiger partial charge in [0.1, 0.15) is 0 Å². The van der Waals surface area contributed by atoms with Gasteiger partial charge in [0, 0.05) is 30.7 Å². The molecule has 2 aliphatic rings. The van der Waals surface area contributed by atoms with E-state index in [1.165, 1.54) is 25.7 Å². The van der Waals surface area contributed by atoms with E-state index in [2.05, 4.69) is 49.2 Å². The highest BCUT2D eigenvalue weighted by Crippen LogP contribution is 2.40. The van der Waals surface area contributed by atoms with Crippen LogP contribution in [0.4, 0.5) is 0 Å². The molecule has 2 unspecified atom stereocenters. The van der Waals surface area contributed by atoms with Crippen molar-refractivity contribution in [3.8, 4) is 0 Å². The molecule has 1 heterocycles. The molecule has 1 saturated carbocycles. The third kappa shape index (κ3) is 3.96. The molecule has 0 radical (unpaired) electrons. The van der Waals surface area contributed by atoms with Crippen LogP contribution in [0.3, 0.4) is 0 Å². The minimum absolute atomic E-state index is 0.0739. The van der Waals surface area contributed by atoms with Crippen LogP contribution in [0.2, 0.25) is 0 Å². The Morgan fingerprint density at radius 2 is 1.86 bits per heavy atom. The van der Waals surface area contributed by atoms with E-state index in [1.807, 2.05) is 24.3 Å². The van der Waals surface area contributed by atoms with Crippen molar-refractivity contribution in [3.05, 3.63) is 48.0 Å². The lowest BCUT2D eigenvalue weighted by Gasteiger charge is -2.47. The largest absolute Gasteiger partial charge is 0.336 e. The van der Waals surface area contributed by atoms with E-state index in [-0.39, 0.29) is 11.4 Å². The number of benzene rings is 2. The first-order valence-electron chi connectivity index (χ1n) is 10.9. The first-order valence-corrected chi connectivity index (χ1v) is 10.9. The van der Waals surface area contributed by atoms with Gasteiger partial charge >= 0.3 is 0 Å². The second-order valence-electron chi connectivity index (χ2n) is 9.97. The monoisotopic (exact) mass is 378 g/mol. The Morgan fingerprint density at radius 1 is 1.07 bits per heavy atom. The summed E-state index contributed by atoms with van der Waals surface area (Å²) in [5.74, 6) is 0.935. The minimum atomic E-state index is 0.0739. The fourth-order valence-corrected chi connectivity index (χ4v) is 5.42. The van der Waals surface area contributed by atoms with Crippen molar-refractivity contribution in [1.82, 2.24) is 10.2 Å². The van der Waals surface area contributed by atoms with Crippen LogP contribution in [0, 0.1) is 11.3 Å². The predicted octanol–water partition coefficient (Wildman–Crippen LogP) is 5.25. The normalized spacial score (nSPS) is 28.1. The van der Waals surface area contributed by atoms with Crippen LogP contribution in [0.25, 0.3) is 10.8 Å². The van der Waals surface area contributed by atoms with Crippen molar-refractivity contribution >= 4 is 16.7 Å². The summed E-state index contributed by atoms with van der Waals surface area (Å²) in [6.45, 7) is 9.73. The molecule has 1 aliphatic heterocycles. The quantitative estimate of drug-likeness (QED) is 0.735. The van der Waals surface area contributed by atoms with Gasteiger partial charge in [-0.25, -0.2) is 0 Å². The number of nitrogens with one attached hydrogen (secondary N) is 1. The van der Waals surface area contributed by atoms with Gasteiger partial charge in [0.15, 0.2) is 0 Å². The van der Waals surface area contributed by atoms with Crippen LogP contribution < -0.4 is 5.32 Å². The molecule has 1 saturated heterocycles. The Morgan fingerprint density at radius 3 is 2.71 bits per heavy atom. The van der Waals surface area contributed by atoms with E-state index in [1.54, 1.807) is 0 Å².